The topological polar surface area (TPSA) is 89.7 Å². The smallest absolute Gasteiger partial charge is 0.346 e. The number of thiophene rings is 1. The average molecular weight is 257 g/mol. The summed E-state index contributed by atoms with van der Waals surface area (Å²) in [5.41, 5.74) is -0.592. The van der Waals surface area contributed by atoms with Gasteiger partial charge in [0, 0.05) is 11.0 Å². The van der Waals surface area contributed by atoms with Crippen molar-refractivity contribution in [3.8, 4) is 0 Å². The summed E-state index contributed by atoms with van der Waals surface area (Å²) in [5, 5.41) is 22.0. The van der Waals surface area contributed by atoms with Crippen LogP contribution in [0.15, 0.2) is 23.2 Å². The van der Waals surface area contributed by atoms with Crippen molar-refractivity contribution in [1.29, 1.82) is 0 Å². The Labute approximate surface area is 101 Å². The Bertz CT molecular complexity index is 426. The van der Waals surface area contributed by atoms with Gasteiger partial charge >= 0.3 is 5.97 Å². The van der Waals surface area contributed by atoms with Gasteiger partial charge in [0.05, 0.1) is 11.5 Å². The summed E-state index contributed by atoms with van der Waals surface area (Å²) in [4.78, 5) is 21.7. The highest BCUT2D eigenvalue weighted by Gasteiger charge is 2.30. The van der Waals surface area contributed by atoms with Gasteiger partial charge in [0.25, 0.3) is 5.70 Å². The van der Waals surface area contributed by atoms with Crippen LogP contribution in [0.25, 0.3) is 6.08 Å². The van der Waals surface area contributed by atoms with Gasteiger partial charge < -0.3 is 9.84 Å². The van der Waals surface area contributed by atoms with Gasteiger partial charge in [-0.1, -0.05) is 6.07 Å². The highest BCUT2D eigenvalue weighted by Crippen LogP contribution is 2.16. The van der Waals surface area contributed by atoms with Crippen LogP contribution in [0.4, 0.5) is 0 Å². The third-order valence-corrected chi connectivity index (χ3v) is 2.65. The van der Waals surface area contributed by atoms with Crippen LogP contribution in [0.2, 0.25) is 0 Å². The van der Waals surface area contributed by atoms with Crippen LogP contribution in [0.5, 0.6) is 0 Å². The monoisotopic (exact) mass is 257 g/mol. The fraction of sp³-hybridized carbons (Fsp3) is 0.300. The number of ether oxygens (including phenoxy) is 1. The van der Waals surface area contributed by atoms with E-state index < -0.39 is 22.7 Å². The van der Waals surface area contributed by atoms with Crippen LogP contribution in [0.3, 0.4) is 0 Å². The average Bonchev–Trinajstić information content (AvgIpc) is 2.77. The lowest BCUT2D eigenvalue weighted by atomic mass is 10.2. The summed E-state index contributed by atoms with van der Waals surface area (Å²) < 4.78 is 4.52. The van der Waals surface area contributed by atoms with Crippen molar-refractivity contribution in [3.63, 3.8) is 0 Å². The number of carbonyl (C=O) groups excluding carboxylic acids is 1. The van der Waals surface area contributed by atoms with Gasteiger partial charge in [-0.15, -0.1) is 11.3 Å². The minimum absolute atomic E-state index is 0.0554. The molecule has 92 valence electrons. The molecule has 17 heavy (non-hydrogen) atoms. The number of esters is 1. The van der Waals surface area contributed by atoms with E-state index in [4.69, 9.17) is 0 Å². The fourth-order valence-corrected chi connectivity index (χ4v) is 1.75. The molecule has 1 atom stereocenters. The standard InChI is InChI=1S/C10H11NO5S/c1-2-16-10(13)9(12)8(11(14)15)6-7-4-3-5-17-7/h3-6,9,12H,2H2,1H3/b8-6+. The van der Waals surface area contributed by atoms with Crippen LogP contribution in [0.1, 0.15) is 11.8 Å². The largest absolute Gasteiger partial charge is 0.464 e. The highest BCUT2D eigenvalue weighted by molar-refractivity contribution is 7.10. The number of aliphatic hydroxyl groups excluding tert-OH is 1. The molecule has 1 unspecified atom stereocenters. The number of nitrogens with zero attached hydrogens (tertiary/aromatic N) is 1. The lowest BCUT2D eigenvalue weighted by molar-refractivity contribution is -0.432. The molecule has 0 amide bonds. The second-order valence-corrected chi connectivity index (χ2v) is 3.98. The minimum Gasteiger partial charge on any atom is -0.464 e. The molecule has 1 aromatic rings. The molecule has 0 aromatic carbocycles. The van der Waals surface area contributed by atoms with Gasteiger partial charge in [-0.25, -0.2) is 4.79 Å². The van der Waals surface area contributed by atoms with Crippen LogP contribution >= 0.6 is 11.3 Å². The Morgan fingerprint density at radius 1 is 1.76 bits per heavy atom. The molecule has 0 bridgehead atoms. The van der Waals surface area contributed by atoms with Gasteiger partial charge in [-0.05, 0) is 18.4 Å². The van der Waals surface area contributed by atoms with Crippen molar-refractivity contribution in [3.05, 3.63) is 38.2 Å². The van der Waals surface area contributed by atoms with Gasteiger partial charge in [-0.3, -0.25) is 10.1 Å². The summed E-state index contributed by atoms with van der Waals surface area (Å²) in [5.74, 6) is -1.02. The first-order valence-electron chi connectivity index (χ1n) is 4.80. The first-order valence-corrected chi connectivity index (χ1v) is 5.68. The SMILES string of the molecule is CCOC(=O)C(O)/C(=C\c1cccs1)[N+](=O)[O-]. The Morgan fingerprint density at radius 2 is 2.47 bits per heavy atom. The summed E-state index contributed by atoms with van der Waals surface area (Å²) in [6, 6.07) is 3.36. The van der Waals surface area contributed by atoms with Crippen molar-refractivity contribution in [2.45, 2.75) is 13.0 Å². The van der Waals surface area contributed by atoms with E-state index in [1.54, 1.807) is 24.4 Å². The van der Waals surface area contributed by atoms with E-state index in [1.165, 1.54) is 11.3 Å². The van der Waals surface area contributed by atoms with Crippen molar-refractivity contribution in [2.75, 3.05) is 6.61 Å². The second kappa shape index (κ2) is 6.12. The molecule has 0 aliphatic rings. The van der Waals surface area contributed by atoms with Crippen LogP contribution in [-0.4, -0.2) is 28.7 Å². The maximum atomic E-state index is 11.2. The Hall–Kier alpha value is -1.73. The maximum absolute atomic E-state index is 11.2. The summed E-state index contributed by atoms with van der Waals surface area (Å²) in [6.45, 7) is 1.61. The molecule has 0 saturated heterocycles. The van der Waals surface area contributed by atoms with Gasteiger partial charge in [0.2, 0.25) is 6.10 Å². The predicted molar refractivity (Wildman–Crippen MR) is 61.9 cm³/mol. The van der Waals surface area contributed by atoms with E-state index >= 15 is 0 Å². The van der Waals surface area contributed by atoms with Crippen LogP contribution in [0, 0.1) is 10.1 Å². The Morgan fingerprint density at radius 3 is 2.94 bits per heavy atom. The van der Waals surface area contributed by atoms with Crippen LogP contribution < -0.4 is 0 Å². The number of hydrogen-bond acceptors (Lipinski definition) is 6. The van der Waals surface area contributed by atoms with Crippen molar-refractivity contribution in [2.24, 2.45) is 0 Å². The molecular formula is C10H11NO5S. The van der Waals surface area contributed by atoms with Gasteiger partial charge in [0.1, 0.15) is 0 Å². The minimum atomic E-state index is -1.87. The Kier molecular flexibility index (Phi) is 4.80. The van der Waals surface area contributed by atoms with Crippen molar-refractivity contribution >= 4 is 23.4 Å². The lowest BCUT2D eigenvalue weighted by Gasteiger charge is -2.06. The Balaban J connectivity index is 2.94. The molecule has 1 aromatic heterocycles. The van der Waals surface area contributed by atoms with E-state index in [-0.39, 0.29) is 6.61 Å². The molecular weight excluding hydrogens is 246 g/mol. The quantitative estimate of drug-likeness (QED) is 0.487. The summed E-state index contributed by atoms with van der Waals surface area (Å²) in [7, 11) is 0. The molecule has 0 aliphatic heterocycles. The van der Waals surface area contributed by atoms with E-state index in [0.29, 0.717) is 4.88 Å². The summed E-state index contributed by atoms with van der Waals surface area (Å²) in [6.07, 6.45) is -0.709. The maximum Gasteiger partial charge on any atom is 0.346 e. The zero-order valence-electron chi connectivity index (χ0n) is 9.03. The molecule has 0 radical (unpaired) electrons. The van der Waals surface area contributed by atoms with E-state index in [0.717, 1.165) is 6.08 Å². The molecule has 6 nitrogen and oxygen atoms in total. The fourth-order valence-electron chi connectivity index (χ4n) is 1.09. The third-order valence-electron chi connectivity index (χ3n) is 1.83. The number of carbonyl (C=O) groups is 1. The van der Waals surface area contributed by atoms with Crippen molar-refractivity contribution < 1.29 is 19.6 Å². The molecule has 7 heteroatoms. The predicted octanol–water partition coefficient (Wildman–Crippen LogP) is 1.29. The van der Waals surface area contributed by atoms with E-state index in [2.05, 4.69) is 4.74 Å². The molecule has 0 saturated carbocycles. The zero-order valence-corrected chi connectivity index (χ0v) is 9.85. The molecule has 0 aliphatic carbocycles. The normalized spacial score (nSPS) is 13.2. The molecule has 0 spiro atoms. The number of rotatable bonds is 5. The molecule has 1 rings (SSSR count). The second-order valence-electron chi connectivity index (χ2n) is 3.00. The van der Waals surface area contributed by atoms with E-state index in [9.17, 15) is 20.0 Å². The summed E-state index contributed by atoms with van der Waals surface area (Å²) >= 11 is 1.27. The lowest BCUT2D eigenvalue weighted by Crippen LogP contribution is -2.28. The number of hydrogen-bond donors (Lipinski definition) is 1. The van der Waals surface area contributed by atoms with Crippen LogP contribution in [-0.2, 0) is 9.53 Å². The number of nitro groups is 1. The zero-order chi connectivity index (χ0) is 12.8. The van der Waals surface area contributed by atoms with Gasteiger partial charge in [-0.2, -0.15) is 0 Å². The van der Waals surface area contributed by atoms with E-state index in [1.807, 2.05) is 0 Å². The third kappa shape index (κ3) is 3.65. The van der Waals surface area contributed by atoms with Crippen molar-refractivity contribution in [1.82, 2.24) is 0 Å². The molecule has 1 N–H and O–H groups in total. The molecule has 1 heterocycles. The first-order chi connectivity index (χ1) is 8.06. The first kappa shape index (κ1) is 13.3. The molecule has 0 fully saturated rings. The number of aliphatic hydroxyl groups is 1. The highest BCUT2D eigenvalue weighted by atomic mass is 32.1. The van der Waals surface area contributed by atoms with Gasteiger partial charge in [0.15, 0.2) is 0 Å².